The van der Waals surface area contributed by atoms with Crippen LogP contribution in [0.3, 0.4) is 0 Å². The molecule has 0 bridgehead atoms. The molecule has 3 heteroatoms. The average molecular weight is 208 g/mol. The summed E-state index contributed by atoms with van der Waals surface area (Å²) in [5.74, 6) is 0. The molecular weight excluding hydrogens is 200 g/mol. The minimum atomic E-state index is 0.529. The summed E-state index contributed by atoms with van der Waals surface area (Å²) < 4.78 is 0. The van der Waals surface area contributed by atoms with Gasteiger partial charge in [0.15, 0.2) is 0 Å². The van der Waals surface area contributed by atoms with Gasteiger partial charge in [-0.2, -0.15) is 5.26 Å². The zero-order chi connectivity index (χ0) is 11.4. The van der Waals surface area contributed by atoms with Crippen molar-refractivity contribution in [2.45, 2.75) is 0 Å². The molecule has 3 nitrogen and oxygen atoms in total. The fraction of sp³-hybridized carbons (Fsp3) is 0. The highest BCUT2D eigenvalue weighted by Crippen LogP contribution is 2.20. The molecule has 0 spiro atoms. The molecule has 0 unspecified atom stereocenters. The minimum absolute atomic E-state index is 0.529. The lowest BCUT2D eigenvalue weighted by atomic mass is 10.1. The summed E-state index contributed by atoms with van der Waals surface area (Å²) in [6, 6.07) is 12.5. The number of benzene rings is 1. The van der Waals surface area contributed by atoms with Crippen molar-refractivity contribution in [3.63, 3.8) is 0 Å². The number of carbonyl (C=O) groups is 1. The van der Waals surface area contributed by atoms with E-state index < -0.39 is 0 Å². The number of hydrogen-bond donors (Lipinski definition) is 0. The van der Waals surface area contributed by atoms with Crippen LogP contribution < -0.4 is 0 Å². The zero-order valence-electron chi connectivity index (χ0n) is 8.42. The number of carbonyl (C=O) groups excluding carboxylic acids is 1. The van der Waals surface area contributed by atoms with Crippen molar-refractivity contribution in [3.8, 4) is 17.3 Å². The predicted molar refractivity (Wildman–Crippen MR) is 59.8 cm³/mol. The summed E-state index contributed by atoms with van der Waals surface area (Å²) in [6.45, 7) is 0. The predicted octanol–water partition coefficient (Wildman–Crippen LogP) is 2.43. The molecule has 0 aliphatic carbocycles. The lowest BCUT2D eigenvalue weighted by Crippen LogP contribution is -1.88. The molecule has 0 saturated carbocycles. The Hall–Kier alpha value is -2.47. The third kappa shape index (κ3) is 1.82. The molecule has 0 atom stereocenters. The summed E-state index contributed by atoms with van der Waals surface area (Å²) in [7, 11) is 0. The highest BCUT2D eigenvalue weighted by Gasteiger charge is 2.04. The molecule has 0 radical (unpaired) electrons. The van der Waals surface area contributed by atoms with Crippen LogP contribution in [-0.4, -0.2) is 11.3 Å². The molecule has 16 heavy (non-hydrogen) atoms. The van der Waals surface area contributed by atoms with Gasteiger partial charge in [0.05, 0.1) is 11.3 Å². The van der Waals surface area contributed by atoms with E-state index >= 15 is 0 Å². The molecule has 0 fully saturated rings. The third-order valence-electron chi connectivity index (χ3n) is 2.25. The van der Waals surface area contributed by atoms with Gasteiger partial charge in [-0.1, -0.05) is 24.3 Å². The van der Waals surface area contributed by atoms with E-state index in [2.05, 4.69) is 11.1 Å². The van der Waals surface area contributed by atoms with Gasteiger partial charge in [-0.3, -0.25) is 9.78 Å². The van der Waals surface area contributed by atoms with Crippen molar-refractivity contribution in [2.75, 3.05) is 0 Å². The van der Waals surface area contributed by atoms with Gasteiger partial charge in [0, 0.05) is 17.3 Å². The number of aldehydes is 1. The maximum absolute atomic E-state index is 10.5. The van der Waals surface area contributed by atoms with Crippen LogP contribution in [0.15, 0.2) is 42.6 Å². The highest BCUT2D eigenvalue weighted by molar-refractivity contribution is 5.77. The molecule has 1 aromatic heterocycles. The van der Waals surface area contributed by atoms with Crippen LogP contribution in [-0.2, 0) is 0 Å². The molecule has 0 N–H and O–H groups in total. The molecule has 0 aliphatic heterocycles. The van der Waals surface area contributed by atoms with Gasteiger partial charge in [-0.25, -0.2) is 0 Å². The van der Waals surface area contributed by atoms with E-state index in [-0.39, 0.29) is 0 Å². The fourth-order valence-corrected chi connectivity index (χ4v) is 1.45. The first-order valence-electron chi connectivity index (χ1n) is 4.76. The van der Waals surface area contributed by atoms with Gasteiger partial charge in [-0.05, 0) is 12.1 Å². The highest BCUT2D eigenvalue weighted by atomic mass is 16.1. The van der Waals surface area contributed by atoms with E-state index in [1.165, 1.54) is 0 Å². The van der Waals surface area contributed by atoms with Crippen molar-refractivity contribution < 1.29 is 4.79 Å². The van der Waals surface area contributed by atoms with Crippen LogP contribution in [0.4, 0.5) is 0 Å². The van der Waals surface area contributed by atoms with Gasteiger partial charge >= 0.3 is 0 Å². The number of hydrogen-bond acceptors (Lipinski definition) is 3. The smallest absolute Gasteiger partial charge is 0.150 e. The Balaban J connectivity index is 2.51. The zero-order valence-corrected chi connectivity index (χ0v) is 8.42. The molecular formula is C13H8N2O. The number of rotatable bonds is 2. The van der Waals surface area contributed by atoms with Gasteiger partial charge in [0.2, 0.25) is 0 Å². The molecule has 0 aliphatic rings. The molecule has 76 valence electrons. The standard InChI is InChI=1S/C13H8N2O/c14-8-12-2-1-7-15-13(12)11-5-3-10(9-16)4-6-11/h1-7,9H. The SMILES string of the molecule is N#Cc1cccnc1-c1ccc(C=O)cc1. The summed E-state index contributed by atoms with van der Waals surface area (Å²) in [5.41, 5.74) is 2.62. The lowest BCUT2D eigenvalue weighted by molar-refractivity contribution is 0.112. The van der Waals surface area contributed by atoms with Gasteiger partial charge < -0.3 is 0 Å². The summed E-state index contributed by atoms with van der Waals surface area (Å²) in [5, 5.41) is 8.93. The van der Waals surface area contributed by atoms with Crippen LogP contribution >= 0.6 is 0 Å². The third-order valence-corrected chi connectivity index (χ3v) is 2.25. The molecule has 1 aromatic carbocycles. The molecule has 1 heterocycles. The Morgan fingerprint density at radius 1 is 1.19 bits per heavy atom. The topological polar surface area (TPSA) is 53.8 Å². The Kier molecular flexibility index (Phi) is 2.75. The first kappa shape index (κ1) is 10.1. The minimum Gasteiger partial charge on any atom is -0.298 e. The fourth-order valence-electron chi connectivity index (χ4n) is 1.45. The maximum atomic E-state index is 10.5. The van der Waals surface area contributed by atoms with Crippen molar-refractivity contribution in [1.82, 2.24) is 4.98 Å². The average Bonchev–Trinajstić information content (AvgIpc) is 2.39. The van der Waals surface area contributed by atoms with E-state index in [9.17, 15) is 4.79 Å². The van der Waals surface area contributed by atoms with Crippen LogP contribution in [0, 0.1) is 11.3 Å². The van der Waals surface area contributed by atoms with Crippen LogP contribution in [0.2, 0.25) is 0 Å². The number of nitrogens with zero attached hydrogens (tertiary/aromatic N) is 2. The second-order valence-corrected chi connectivity index (χ2v) is 3.25. The van der Waals surface area contributed by atoms with E-state index in [0.29, 0.717) is 16.8 Å². The quantitative estimate of drug-likeness (QED) is 0.712. The monoisotopic (exact) mass is 208 g/mol. The molecule has 0 amide bonds. The van der Waals surface area contributed by atoms with Crippen molar-refractivity contribution in [2.24, 2.45) is 0 Å². The Morgan fingerprint density at radius 2 is 1.94 bits per heavy atom. The molecule has 2 aromatic rings. The largest absolute Gasteiger partial charge is 0.298 e. The number of aromatic nitrogens is 1. The Morgan fingerprint density at radius 3 is 2.56 bits per heavy atom. The van der Waals surface area contributed by atoms with E-state index in [1.54, 1.807) is 42.6 Å². The van der Waals surface area contributed by atoms with E-state index in [0.717, 1.165) is 11.8 Å². The Labute approximate surface area is 93.0 Å². The summed E-state index contributed by atoms with van der Waals surface area (Å²) in [6.07, 6.45) is 2.43. The second kappa shape index (κ2) is 4.37. The first-order valence-corrected chi connectivity index (χ1v) is 4.76. The molecule has 0 saturated heterocycles. The van der Waals surface area contributed by atoms with Crippen molar-refractivity contribution >= 4 is 6.29 Å². The van der Waals surface area contributed by atoms with Crippen LogP contribution in [0.1, 0.15) is 15.9 Å². The summed E-state index contributed by atoms with van der Waals surface area (Å²) >= 11 is 0. The molecule has 2 rings (SSSR count). The van der Waals surface area contributed by atoms with Crippen molar-refractivity contribution in [3.05, 3.63) is 53.7 Å². The number of nitriles is 1. The maximum Gasteiger partial charge on any atom is 0.150 e. The first-order chi connectivity index (χ1) is 7.85. The van der Waals surface area contributed by atoms with Crippen molar-refractivity contribution in [1.29, 1.82) is 5.26 Å². The normalized spacial score (nSPS) is 9.44. The number of pyridine rings is 1. The van der Waals surface area contributed by atoms with Crippen LogP contribution in [0.25, 0.3) is 11.3 Å². The van der Waals surface area contributed by atoms with E-state index in [4.69, 9.17) is 5.26 Å². The lowest BCUT2D eigenvalue weighted by Gasteiger charge is -2.02. The van der Waals surface area contributed by atoms with E-state index in [1.807, 2.05) is 0 Å². The van der Waals surface area contributed by atoms with Crippen LogP contribution in [0.5, 0.6) is 0 Å². The van der Waals surface area contributed by atoms with Gasteiger partial charge in [0.1, 0.15) is 12.4 Å². The summed E-state index contributed by atoms with van der Waals surface area (Å²) in [4.78, 5) is 14.7. The van der Waals surface area contributed by atoms with Gasteiger partial charge in [0.25, 0.3) is 0 Å². The second-order valence-electron chi connectivity index (χ2n) is 3.25. The van der Waals surface area contributed by atoms with Gasteiger partial charge in [-0.15, -0.1) is 0 Å². The Bertz CT molecular complexity index is 553.